The van der Waals surface area contributed by atoms with Crippen molar-refractivity contribution in [3.63, 3.8) is 0 Å². The molecule has 0 radical (unpaired) electrons. The summed E-state index contributed by atoms with van der Waals surface area (Å²) in [5, 5.41) is 0. The smallest absolute Gasteiger partial charge is 0.387 e. The van der Waals surface area contributed by atoms with Crippen LogP contribution in [0.15, 0.2) is 24.3 Å². The highest BCUT2D eigenvalue weighted by Crippen LogP contribution is 2.23. The van der Waals surface area contributed by atoms with E-state index in [4.69, 9.17) is 0 Å². The molecule has 1 saturated heterocycles. The van der Waals surface area contributed by atoms with Crippen LogP contribution in [0.5, 0.6) is 5.75 Å². The molecular formula is C13H18F2N2O3S. The number of sulfonamides is 1. The fourth-order valence-electron chi connectivity index (χ4n) is 2.45. The molecule has 0 aliphatic carbocycles. The maximum atomic E-state index is 12.1. The van der Waals surface area contributed by atoms with E-state index in [1.165, 1.54) is 12.1 Å². The fraction of sp³-hybridized carbons (Fsp3) is 0.538. The molecule has 0 spiro atoms. The first-order valence-electron chi connectivity index (χ1n) is 6.60. The minimum absolute atomic E-state index is 0.108. The number of nitrogens with zero attached hydrogens (tertiary/aromatic N) is 1. The van der Waals surface area contributed by atoms with E-state index in [0.29, 0.717) is 6.54 Å². The topological polar surface area (TPSA) is 58.6 Å². The number of alkyl halides is 2. The number of nitrogens with one attached hydrogen (secondary N) is 1. The van der Waals surface area contributed by atoms with Gasteiger partial charge >= 0.3 is 6.61 Å². The lowest BCUT2D eigenvalue weighted by Gasteiger charge is -2.34. The number of rotatable bonds is 5. The Bertz CT molecular complexity index is 563. The Morgan fingerprint density at radius 1 is 1.33 bits per heavy atom. The third kappa shape index (κ3) is 5.13. The summed E-state index contributed by atoms with van der Waals surface area (Å²) in [7, 11) is -3.23. The second kappa shape index (κ2) is 6.57. The van der Waals surface area contributed by atoms with Crippen molar-refractivity contribution in [3.05, 3.63) is 24.3 Å². The molecule has 0 aromatic heterocycles. The maximum absolute atomic E-state index is 12.1. The zero-order valence-corrected chi connectivity index (χ0v) is 12.4. The Morgan fingerprint density at radius 2 is 2.00 bits per heavy atom. The van der Waals surface area contributed by atoms with Crippen molar-refractivity contribution >= 4 is 15.7 Å². The van der Waals surface area contributed by atoms with E-state index < -0.39 is 16.6 Å². The Labute approximate surface area is 122 Å². The van der Waals surface area contributed by atoms with Crippen LogP contribution >= 0.6 is 0 Å². The number of halogens is 2. The number of piperidine rings is 1. The molecule has 0 bridgehead atoms. The van der Waals surface area contributed by atoms with E-state index >= 15 is 0 Å². The quantitative estimate of drug-likeness (QED) is 0.899. The van der Waals surface area contributed by atoms with Crippen molar-refractivity contribution in [2.24, 2.45) is 0 Å². The predicted molar refractivity (Wildman–Crippen MR) is 76.3 cm³/mol. The van der Waals surface area contributed by atoms with Gasteiger partial charge in [0.1, 0.15) is 5.75 Å². The Hall–Kier alpha value is -1.41. The normalized spacial score (nSPS) is 19.8. The predicted octanol–water partition coefficient (Wildman–Crippen LogP) is 1.81. The van der Waals surface area contributed by atoms with E-state index in [-0.39, 0.29) is 11.8 Å². The lowest BCUT2D eigenvalue weighted by Crippen LogP contribution is -2.47. The summed E-state index contributed by atoms with van der Waals surface area (Å²) in [6.45, 7) is -1.48. The lowest BCUT2D eigenvalue weighted by atomic mass is 10.1. The van der Waals surface area contributed by atoms with Gasteiger partial charge in [0.05, 0.1) is 6.26 Å². The third-order valence-electron chi connectivity index (χ3n) is 3.23. The highest BCUT2D eigenvalue weighted by Gasteiger charge is 2.22. The van der Waals surface area contributed by atoms with Crippen LogP contribution in [0.3, 0.4) is 0 Å². The lowest BCUT2D eigenvalue weighted by molar-refractivity contribution is -0.0498. The van der Waals surface area contributed by atoms with Crippen LogP contribution in [0.2, 0.25) is 0 Å². The van der Waals surface area contributed by atoms with Gasteiger partial charge in [-0.1, -0.05) is 0 Å². The molecule has 118 valence electrons. The minimum Gasteiger partial charge on any atom is -0.435 e. The van der Waals surface area contributed by atoms with Crippen LogP contribution in [0.4, 0.5) is 14.5 Å². The molecule has 5 nitrogen and oxygen atoms in total. The average molecular weight is 320 g/mol. The zero-order valence-electron chi connectivity index (χ0n) is 11.6. The van der Waals surface area contributed by atoms with Crippen molar-refractivity contribution < 1.29 is 21.9 Å². The van der Waals surface area contributed by atoms with Crippen LogP contribution in [0, 0.1) is 0 Å². The molecule has 8 heteroatoms. The number of hydrogen-bond acceptors (Lipinski definition) is 4. The van der Waals surface area contributed by atoms with Gasteiger partial charge in [-0.25, -0.2) is 13.1 Å². The molecular weight excluding hydrogens is 302 g/mol. The molecule has 1 atom stereocenters. The van der Waals surface area contributed by atoms with Gasteiger partial charge in [0.25, 0.3) is 0 Å². The summed E-state index contributed by atoms with van der Waals surface area (Å²) in [5.74, 6) is 0.108. The number of anilines is 1. The Balaban J connectivity index is 2.00. The number of hydrogen-bond donors (Lipinski definition) is 1. The second-order valence-corrected chi connectivity index (χ2v) is 6.83. The molecule has 0 saturated carbocycles. The summed E-state index contributed by atoms with van der Waals surface area (Å²) in [6, 6.07) is 6.22. The van der Waals surface area contributed by atoms with Gasteiger partial charge in [0.15, 0.2) is 0 Å². The molecule has 1 aromatic carbocycles. The van der Waals surface area contributed by atoms with Gasteiger partial charge in [-0.2, -0.15) is 8.78 Å². The second-order valence-electron chi connectivity index (χ2n) is 5.05. The molecule has 1 aromatic rings. The molecule has 2 rings (SSSR count). The maximum Gasteiger partial charge on any atom is 0.387 e. The van der Waals surface area contributed by atoms with Crippen molar-refractivity contribution in [1.82, 2.24) is 4.72 Å². The summed E-state index contributed by atoms with van der Waals surface area (Å²) in [4.78, 5) is 2.03. The van der Waals surface area contributed by atoms with Crippen LogP contribution in [0.1, 0.15) is 12.8 Å². The SMILES string of the molecule is CS(=O)(=O)NC1CCCN(c2ccc(OC(F)F)cc2)C1. The van der Waals surface area contributed by atoms with Crippen LogP contribution < -0.4 is 14.4 Å². The first-order chi connectivity index (χ1) is 9.83. The molecule has 1 aliphatic rings. The molecule has 0 amide bonds. The fourth-order valence-corrected chi connectivity index (χ4v) is 3.25. The largest absolute Gasteiger partial charge is 0.435 e. The van der Waals surface area contributed by atoms with Crippen LogP contribution in [-0.2, 0) is 10.0 Å². The van der Waals surface area contributed by atoms with Crippen LogP contribution in [0.25, 0.3) is 0 Å². The number of ether oxygens (including phenoxy) is 1. The number of benzene rings is 1. The highest BCUT2D eigenvalue weighted by atomic mass is 32.2. The molecule has 1 heterocycles. The van der Waals surface area contributed by atoms with Crippen LogP contribution in [-0.4, -0.2) is 40.4 Å². The first kappa shape index (κ1) is 16.0. The highest BCUT2D eigenvalue weighted by molar-refractivity contribution is 7.88. The summed E-state index contributed by atoms with van der Waals surface area (Å²) < 4.78 is 53.6. The van der Waals surface area contributed by atoms with Gasteiger partial charge in [0.2, 0.25) is 10.0 Å². The zero-order chi connectivity index (χ0) is 15.5. The summed E-state index contributed by atoms with van der Waals surface area (Å²) in [5.41, 5.74) is 0.858. The van der Waals surface area contributed by atoms with Crippen molar-refractivity contribution in [1.29, 1.82) is 0 Å². The van der Waals surface area contributed by atoms with Crippen molar-refractivity contribution in [2.45, 2.75) is 25.5 Å². The molecule has 1 aliphatic heterocycles. The average Bonchev–Trinajstić information content (AvgIpc) is 2.37. The van der Waals surface area contributed by atoms with Crippen molar-refractivity contribution in [3.8, 4) is 5.75 Å². The standard InChI is InChI=1S/C13H18F2N2O3S/c1-21(18,19)16-10-3-2-8-17(9-10)11-4-6-12(7-5-11)20-13(14)15/h4-7,10,13,16H,2-3,8-9H2,1H3. The van der Waals surface area contributed by atoms with Gasteiger partial charge < -0.3 is 9.64 Å². The van der Waals surface area contributed by atoms with E-state index in [1.807, 2.05) is 4.90 Å². The molecule has 1 fully saturated rings. The van der Waals surface area contributed by atoms with Gasteiger partial charge in [-0.15, -0.1) is 0 Å². The van der Waals surface area contributed by atoms with Gasteiger partial charge in [-0.3, -0.25) is 0 Å². The minimum atomic E-state index is -3.23. The van der Waals surface area contributed by atoms with Gasteiger partial charge in [0, 0.05) is 24.8 Å². The van der Waals surface area contributed by atoms with E-state index in [9.17, 15) is 17.2 Å². The summed E-state index contributed by atoms with van der Waals surface area (Å²) >= 11 is 0. The Kier molecular flexibility index (Phi) is 5.00. The monoisotopic (exact) mass is 320 g/mol. The third-order valence-corrected chi connectivity index (χ3v) is 3.99. The molecule has 21 heavy (non-hydrogen) atoms. The Morgan fingerprint density at radius 3 is 2.57 bits per heavy atom. The molecule has 1 unspecified atom stereocenters. The van der Waals surface area contributed by atoms with E-state index in [0.717, 1.165) is 31.3 Å². The molecule has 1 N–H and O–H groups in total. The first-order valence-corrected chi connectivity index (χ1v) is 8.50. The van der Waals surface area contributed by atoms with Gasteiger partial charge in [-0.05, 0) is 37.1 Å². The van der Waals surface area contributed by atoms with Crippen molar-refractivity contribution in [2.75, 3.05) is 24.2 Å². The summed E-state index contributed by atoms with van der Waals surface area (Å²) in [6.07, 6.45) is 2.79. The van der Waals surface area contributed by atoms with E-state index in [1.54, 1.807) is 12.1 Å². The van der Waals surface area contributed by atoms with E-state index in [2.05, 4.69) is 9.46 Å².